The largest absolute Gasteiger partial charge is 0.455 e. The van der Waals surface area contributed by atoms with Crippen LogP contribution in [0.25, 0.3) is 0 Å². The number of alkyl halides is 1. The molecule has 54 heavy (non-hydrogen) atoms. The molecule has 14 heteroatoms. The number of hydrogen-bond acceptors (Lipinski definition) is 10. The number of amides is 3. The fraction of sp³-hybridized carbons (Fsp3) is 0.650. The number of ether oxygens (including phenoxy) is 4. The van der Waals surface area contributed by atoms with E-state index in [1.165, 1.54) is 7.11 Å². The summed E-state index contributed by atoms with van der Waals surface area (Å²) in [7, 11) is 1.51. The van der Waals surface area contributed by atoms with E-state index in [1.807, 2.05) is 30.3 Å². The van der Waals surface area contributed by atoms with Crippen molar-refractivity contribution < 1.29 is 43.2 Å². The molecule has 0 saturated carbocycles. The van der Waals surface area contributed by atoms with Gasteiger partial charge < -0.3 is 39.2 Å². The number of rotatable bonds is 22. The lowest BCUT2D eigenvalue weighted by Gasteiger charge is -2.38. The maximum Gasteiger partial charge on any atom is 0.313 e. The number of nitrogens with zero attached hydrogens (tertiary/aromatic N) is 3. The van der Waals surface area contributed by atoms with Crippen molar-refractivity contribution in [2.45, 2.75) is 79.7 Å². The van der Waals surface area contributed by atoms with Crippen LogP contribution in [0.1, 0.15) is 56.6 Å². The van der Waals surface area contributed by atoms with E-state index in [9.17, 15) is 24.3 Å². The van der Waals surface area contributed by atoms with E-state index in [1.54, 1.807) is 22.0 Å². The molecule has 0 aliphatic carbocycles. The number of benzene rings is 1. The molecule has 4 saturated heterocycles. The van der Waals surface area contributed by atoms with Crippen molar-refractivity contribution in [2.24, 2.45) is 11.8 Å². The zero-order valence-corrected chi connectivity index (χ0v) is 33.0. The number of esters is 1. The summed E-state index contributed by atoms with van der Waals surface area (Å²) >= 11 is 3.77. The molecule has 1 aromatic rings. The summed E-state index contributed by atoms with van der Waals surface area (Å²) in [6.45, 7) is 12.3. The standard InChI is InChI=1S/C40H57BrN4O9/c1-4-6-16-31(47)42-30(27-51-3)34(28-14-10-9-11-15-28)53-39(50)32-33-37(48)45(18-12-7-8-13-23-46)36(40(33)26-29(41)35(32)54-40)38(49)44(17-5-2)20-19-43-21-24-52-25-22-43/h4-5,9-11,14-15,29-30,32-36,46H,1-2,6-8,12-13,16-27H2,3H3,(H,42,47)/t29?,30-,32-,33+,34-,35-,36-,40+/m1/s1. The minimum atomic E-state index is -1.26. The first-order valence-electron chi connectivity index (χ1n) is 19.3. The second-order valence-electron chi connectivity index (χ2n) is 14.6. The van der Waals surface area contributed by atoms with Crippen molar-refractivity contribution >= 4 is 39.6 Å². The molecule has 4 aliphatic rings. The first-order valence-corrected chi connectivity index (χ1v) is 20.2. The van der Waals surface area contributed by atoms with E-state index in [0.29, 0.717) is 70.6 Å². The van der Waals surface area contributed by atoms with Crippen LogP contribution in [-0.2, 0) is 38.1 Å². The van der Waals surface area contributed by atoms with Gasteiger partial charge in [0, 0.05) is 64.2 Å². The normalized spacial score (nSPS) is 27.3. The molecule has 5 rings (SSSR count). The van der Waals surface area contributed by atoms with Gasteiger partial charge in [-0.25, -0.2) is 0 Å². The van der Waals surface area contributed by atoms with Crippen LogP contribution in [0.5, 0.6) is 0 Å². The fourth-order valence-corrected chi connectivity index (χ4v) is 9.44. The summed E-state index contributed by atoms with van der Waals surface area (Å²) < 4.78 is 24.2. The number of fused-ring (bicyclic) bond motifs is 1. The highest BCUT2D eigenvalue weighted by atomic mass is 79.9. The molecule has 1 spiro atoms. The number of carbonyl (C=O) groups is 4. The predicted octanol–water partition coefficient (Wildman–Crippen LogP) is 3.02. The first kappa shape index (κ1) is 42.0. The third kappa shape index (κ3) is 9.44. The monoisotopic (exact) mass is 816 g/mol. The Hall–Kier alpha value is -3.14. The van der Waals surface area contributed by atoms with Crippen molar-refractivity contribution in [1.29, 1.82) is 0 Å². The van der Waals surface area contributed by atoms with Gasteiger partial charge in [-0.3, -0.25) is 24.1 Å². The Morgan fingerprint density at radius 3 is 2.54 bits per heavy atom. The molecule has 3 amide bonds. The van der Waals surface area contributed by atoms with Crippen molar-refractivity contribution in [1.82, 2.24) is 20.0 Å². The Balaban J connectivity index is 1.45. The third-order valence-corrected chi connectivity index (χ3v) is 11.9. The Morgan fingerprint density at radius 1 is 1.11 bits per heavy atom. The minimum Gasteiger partial charge on any atom is -0.455 e. The summed E-state index contributed by atoms with van der Waals surface area (Å²) in [5.41, 5.74) is -0.602. The van der Waals surface area contributed by atoms with E-state index in [4.69, 9.17) is 18.9 Å². The number of morpholine rings is 1. The molecule has 2 bridgehead atoms. The molecule has 8 atom stereocenters. The van der Waals surface area contributed by atoms with Gasteiger partial charge in [-0.15, -0.1) is 13.2 Å². The van der Waals surface area contributed by atoms with Crippen molar-refractivity contribution in [3.8, 4) is 0 Å². The third-order valence-electron chi connectivity index (χ3n) is 11.1. The summed E-state index contributed by atoms with van der Waals surface area (Å²) in [5.74, 6) is -3.35. The molecule has 0 radical (unpaired) electrons. The van der Waals surface area contributed by atoms with Crippen LogP contribution >= 0.6 is 15.9 Å². The molecule has 0 aromatic heterocycles. The number of aliphatic hydroxyl groups is 1. The molecule has 4 aliphatic heterocycles. The minimum absolute atomic E-state index is 0.0643. The van der Waals surface area contributed by atoms with Gasteiger partial charge in [-0.2, -0.15) is 0 Å². The molecule has 4 fully saturated rings. The number of methoxy groups -OCH3 is 1. The fourth-order valence-electron chi connectivity index (χ4n) is 8.50. The van der Waals surface area contributed by atoms with Gasteiger partial charge in [0.2, 0.25) is 17.7 Å². The van der Waals surface area contributed by atoms with Crippen molar-refractivity contribution in [3.05, 3.63) is 61.2 Å². The number of carbonyl (C=O) groups excluding carboxylic acids is 4. The summed E-state index contributed by atoms with van der Waals surface area (Å²) in [5, 5.41) is 12.3. The quantitative estimate of drug-likeness (QED) is 0.0776. The van der Waals surface area contributed by atoms with Gasteiger partial charge in [0.15, 0.2) is 0 Å². The molecule has 1 aromatic carbocycles. The lowest BCUT2D eigenvalue weighted by Crippen LogP contribution is -2.57. The number of allylic oxidation sites excluding steroid dienone is 1. The smallest absolute Gasteiger partial charge is 0.313 e. The van der Waals surface area contributed by atoms with Crippen LogP contribution < -0.4 is 5.32 Å². The van der Waals surface area contributed by atoms with E-state index in [2.05, 4.69) is 39.3 Å². The molecule has 1 unspecified atom stereocenters. The maximum absolute atomic E-state index is 14.8. The SMILES string of the molecule is C=CCCC(=O)N[C@H](COC)[C@H](OC(=O)[C@H]1[C@@H]2O[C@@]3(CC2Br)[C@@H]1C(=O)N(CCCCCCO)[C@@H]3C(=O)N(CC=C)CCN1CCOCC1)c1ccccc1. The molecular weight excluding hydrogens is 760 g/mol. The summed E-state index contributed by atoms with van der Waals surface area (Å²) in [4.78, 5) is 62.5. The highest BCUT2D eigenvalue weighted by Gasteiger charge is 2.77. The van der Waals surface area contributed by atoms with Crippen LogP contribution in [0.15, 0.2) is 55.6 Å². The predicted molar refractivity (Wildman–Crippen MR) is 206 cm³/mol. The van der Waals surface area contributed by atoms with E-state index >= 15 is 0 Å². The number of halogens is 1. The van der Waals surface area contributed by atoms with Crippen LogP contribution in [-0.4, -0.2) is 145 Å². The maximum atomic E-state index is 14.8. The number of nitrogens with one attached hydrogen (secondary N) is 1. The van der Waals surface area contributed by atoms with E-state index in [-0.39, 0.29) is 42.2 Å². The van der Waals surface area contributed by atoms with Crippen LogP contribution in [0.2, 0.25) is 0 Å². The second-order valence-corrected chi connectivity index (χ2v) is 15.8. The number of aliphatic hydroxyl groups excluding tert-OH is 1. The van der Waals surface area contributed by atoms with Gasteiger partial charge in [-0.05, 0) is 31.2 Å². The molecular formula is C40H57BrN4O9. The van der Waals surface area contributed by atoms with Gasteiger partial charge >= 0.3 is 5.97 Å². The van der Waals surface area contributed by atoms with Crippen molar-refractivity contribution in [3.63, 3.8) is 0 Å². The van der Waals surface area contributed by atoms with Gasteiger partial charge in [0.1, 0.15) is 17.7 Å². The Labute approximate surface area is 327 Å². The van der Waals surface area contributed by atoms with Crippen LogP contribution in [0.4, 0.5) is 0 Å². The van der Waals surface area contributed by atoms with Gasteiger partial charge in [0.25, 0.3) is 0 Å². The highest BCUT2D eigenvalue weighted by molar-refractivity contribution is 9.09. The molecule has 2 N–H and O–H groups in total. The molecule has 4 heterocycles. The zero-order chi connectivity index (χ0) is 38.7. The van der Waals surface area contributed by atoms with Crippen LogP contribution in [0, 0.1) is 11.8 Å². The summed E-state index contributed by atoms with van der Waals surface area (Å²) in [6.07, 6.45) is 5.61. The zero-order valence-electron chi connectivity index (χ0n) is 31.5. The molecule has 298 valence electrons. The number of hydrogen-bond donors (Lipinski definition) is 2. The van der Waals surface area contributed by atoms with Crippen molar-refractivity contribution in [2.75, 3.05) is 72.8 Å². The molecule has 13 nitrogen and oxygen atoms in total. The number of likely N-dealkylation sites (tertiary alicyclic amines) is 1. The first-order chi connectivity index (χ1) is 26.2. The lowest BCUT2D eigenvalue weighted by atomic mass is 9.70. The van der Waals surface area contributed by atoms with E-state index in [0.717, 1.165) is 25.9 Å². The Morgan fingerprint density at radius 2 is 1.85 bits per heavy atom. The summed E-state index contributed by atoms with van der Waals surface area (Å²) in [6, 6.07) is 7.47. The topological polar surface area (TPSA) is 147 Å². The Kier molecular flexibility index (Phi) is 15.7. The highest BCUT2D eigenvalue weighted by Crippen LogP contribution is 2.60. The average Bonchev–Trinajstić information content (AvgIpc) is 3.77. The lowest BCUT2D eigenvalue weighted by molar-refractivity contribution is -0.163. The van der Waals surface area contributed by atoms with E-state index < -0.39 is 47.7 Å². The average molecular weight is 818 g/mol. The second kappa shape index (κ2) is 20.1. The Bertz CT molecular complexity index is 1450. The van der Waals surface area contributed by atoms with Gasteiger partial charge in [-0.1, -0.05) is 71.3 Å². The van der Waals surface area contributed by atoms with Gasteiger partial charge in [0.05, 0.1) is 43.8 Å². The number of unbranched alkanes of at least 4 members (excludes halogenated alkanes) is 3. The van der Waals surface area contributed by atoms with Crippen LogP contribution in [0.3, 0.4) is 0 Å².